The van der Waals surface area contributed by atoms with Gasteiger partial charge in [-0.25, -0.2) is 4.79 Å². The van der Waals surface area contributed by atoms with Gasteiger partial charge in [-0.15, -0.1) is 0 Å². The Morgan fingerprint density at radius 2 is 1.64 bits per heavy atom. The molecular weight excluding hydrogens is 448 g/mol. The van der Waals surface area contributed by atoms with Crippen LogP contribution >= 0.6 is 0 Å². The van der Waals surface area contributed by atoms with Crippen molar-refractivity contribution in [3.05, 3.63) is 96.6 Å². The van der Waals surface area contributed by atoms with Crippen molar-refractivity contribution >= 4 is 22.8 Å². The van der Waals surface area contributed by atoms with Crippen LogP contribution in [0.3, 0.4) is 0 Å². The number of ether oxygens (including phenoxy) is 1. The van der Waals surface area contributed by atoms with E-state index in [9.17, 15) is 9.59 Å². The van der Waals surface area contributed by atoms with Crippen LogP contribution in [0.1, 0.15) is 51.2 Å². The van der Waals surface area contributed by atoms with Crippen LogP contribution in [0.4, 0.5) is 4.79 Å². The summed E-state index contributed by atoms with van der Waals surface area (Å²) in [6.45, 7) is 12.7. The molecule has 188 valence electrons. The molecule has 1 N–H and O–H groups in total. The van der Waals surface area contributed by atoms with E-state index in [4.69, 9.17) is 4.74 Å². The number of benzene rings is 3. The van der Waals surface area contributed by atoms with E-state index in [1.54, 1.807) is 0 Å². The van der Waals surface area contributed by atoms with E-state index in [0.717, 1.165) is 16.3 Å². The highest BCUT2D eigenvalue weighted by molar-refractivity contribution is 5.88. The Labute approximate surface area is 214 Å². The van der Waals surface area contributed by atoms with Gasteiger partial charge in [-0.05, 0) is 62.4 Å². The van der Waals surface area contributed by atoms with E-state index in [-0.39, 0.29) is 17.7 Å². The maximum absolute atomic E-state index is 13.1. The van der Waals surface area contributed by atoms with Crippen LogP contribution < -0.4 is 5.32 Å². The molecule has 4 rings (SSSR count). The van der Waals surface area contributed by atoms with Crippen molar-refractivity contribution in [2.75, 3.05) is 13.1 Å². The Kier molecular flexibility index (Phi) is 7.21. The van der Waals surface area contributed by atoms with Gasteiger partial charge in [-0.1, -0.05) is 79.4 Å². The van der Waals surface area contributed by atoms with Crippen LogP contribution in [-0.4, -0.2) is 35.5 Å². The molecule has 36 heavy (non-hydrogen) atoms. The van der Waals surface area contributed by atoms with E-state index in [0.29, 0.717) is 19.5 Å². The minimum absolute atomic E-state index is 0.0725. The van der Waals surface area contributed by atoms with E-state index < -0.39 is 17.2 Å². The number of fused-ring (bicyclic) bond motifs is 1. The zero-order valence-corrected chi connectivity index (χ0v) is 21.7. The molecule has 1 heterocycles. The maximum Gasteiger partial charge on any atom is 0.408 e. The average molecular weight is 485 g/mol. The van der Waals surface area contributed by atoms with E-state index in [2.05, 4.69) is 42.2 Å². The fraction of sp³-hybridized carbons (Fsp3) is 0.355. The molecule has 0 bridgehead atoms. The van der Waals surface area contributed by atoms with Crippen molar-refractivity contribution in [3.8, 4) is 0 Å². The predicted octanol–water partition coefficient (Wildman–Crippen LogP) is 6.40. The summed E-state index contributed by atoms with van der Waals surface area (Å²) in [6, 6.07) is 24.6. The molecular formula is C31H36N2O3. The van der Waals surface area contributed by atoms with Gasteiger partial charge in [0.05, 0.1) is 0 Å². The van der Waals surface area contributed by atoms with Gasteiger partial charge < -0.3 is 15.0 Å². The first kappa shape index (κ1) is 25.5. The lowest BCUT2D eigenvalue weighted by molar-refractivity contribution is -0.125. The summed E-state index contributed by atoms with van der Waals surface area (Å²) in [5.41, 5.74) is 0.802. The van der Waals surface area contributed by atoms with Crippen molar-refractivity contribution in [1.82, 2.24) is 10.2 Å². The molecule has 1 aliphatic rings. The number of amides is 2. The van der Waals surface area contributed by atoms with Gasteiger partial charge in [0.25, 0.3) is 0 Å². The quantitative estimate of drug-likeness (QED) is 0.412. The van der Waals surface area contributed by atoms with Crippen molar-refractivity contribution in [2.45, 2.75) is 51.2 Å². The summed E-state index contributed by atoms with van der Waals surface area (Å²) in [5, 5.41) is 5.11. The molecule has 0 saturated carbocycles. The van der Waals surface area contributed by atoms with E-state index in [1.807, 2.05) is 75.1 Å². The van der Waals surface area contributed by atoms with Crippen LogP contribution in [0.15, 0.2) is 85.5 Å². The number of nitrogens with one attached hydrogen (secondary N) is 1. The second-order valence-electron chi connectivity index (χ2n) is 11.0. The molecule has 2 amide bonds. The molecule has 3 aromatic rings. The Hall–Kier alpha value is -3.60. The van der Waals surface area contributed by atoms with Gasteiger partial charge in [0.1, 0.15) is 5.60 Å². The monoisotopic (exact) mass is 484 g/mol. The van der Waals surface area contributed by atoms with E-state index >= 15 is 0 Å². The lowest BCUT2D eigenvalue weighted by atomic mass is 9.78. The van der Waals surface area contributed by atoms with Gasteiger partial charge >= 0.3 is 6.09 Å². The third kappa shape index (κ3) is 5.62. The number of hydrogen-bond donors (Lipinski definition) is 1. The molecule has 5 heteroatoms. The molecule has 3 aromatic carbocycles. The molecule has 1 fully saturated rings. The largest absolute Gasteiger partial charge is 0.438 e. The third-order valence-corrected chi connectivity index (χ3v) is 6.96. The first-order valence-corrected chi connectivity index (χ1v) is 12.6. The van der Waals surface area contributed by atoms with Crippen LogP contribution in [0, 0.1) is 5.92 Å². The summed E-state index contributed by atoms with van der Waals surface area (Å²) in [4.78, 5) is 27.6. The fourth-order valence-electron chi connectivity index (χ4n) is 5.39. The summed E-state index contributed by atoms with van der Waals surface area (Å²) >= 11 is 0. The van der Waals surface area contributed by atoms with Crippen molar-refractivity contribution in [2.24, 2.45) is 5.92 Å². The summed E-state index contributed by atoms with van der Waals surface area (Å²) in [7, 11) is 0. The van der Waals surface area contributed by atoms with Crippen LogP contribution in [0.2, 0.25) is 0 Å². The first-order valence-electron chi connectivity index (χ1n) is 12.6. The number of likely N-dealkylation sites (tertiary alicyclic amines) is 1. The molecule has 0 aliphatic carbocycles. The maximum atomic E-state index is 13.1. The summed E-state index contributed by atoms with van der Waals surface area (Å²) in [6.07, 6.45) is 1.49. The highest BCUT2D eigenvalue weighted by atomic mass is 16.6. The molecule has 0 aromatic heterocycles. The number of carbonyl (C=O) groups excluding carboxylic acids is 2. The Morgan fingerprint density at radius 1 is 0.972 bits per heavy atom. The van der Waals surface area contributed by atoms with Gasteiger partial charge in [0, 0.05) is 30.1 Å². The number of hydrogen-bond acceptors (Lipinski definition) is 3. The lowest BCUT2D eigenvalue weighted by Gasteiger charge is -2.36. The number of nitrogens with zero attached hydrogens (tertiary/aromatic N) is 1. The SMILES string of the molecule is C=CC(=O)N1C[C@H](C[C@@](C)(OC(=O)NC(C)(C)C)c2cccc3ccccc23)[C@@H](c2ccccc2)C1. The summed E-state index contributed by atoms with van der Waals surface area (Å²) in [5.74, 6) is 0.137. The smallest absolute Gasteiger partial charge is 0.408 e. The first-order chi connectivity index (χ1) is 17.1. The van der Waals surface area contributed by atoms with Gasteiger partial charge in [0.15, 0.2) is 0 Å². The fourth-order valence-corrected chi connectivity index (χ4v) is 5.39. The minimum atomic E-state index is -0.916. The molecule has 1 aliphatic heterocycles. The Balaban J connectivity index is 1.76. The lowest BCUT2D eigenvalue weighted by Crippen LogP contribution is -2.45. The van der Waals surface area contributed by atoms with Gasteiger partial charge in [-0.2, -0.15) is 0 Å². The standard InChI is InChI=1S/C31H36N2O3/c1-6-28(34)33-20-24(26(21-33)23-13-8-7-9-14-23)19-31(5,36-29(35)32-30(2,3)4)27-18-12-16-22-15-10-11-17-25(22)27/h6-18,24,26H,1,19-21H2,2-5H3,(H,32,35)/t24-,26+,31+/m0/s1. The van der Waals surface area contributed by atoms with Crippen LogP contribution in [0.5, 0.6) is 0 Å². The Morgan fingerprint density at radius 3 is 2.33 bits per heavy atom. The molecule has 1 saturated heterocycles. The zero-order valence-electron chi connectivity index (χ0n) is 21.7. The molecule has 0 unspecified atom stereocenters. The van der Waals surface area contributed by atoms with Crippen molar-refractivity contribution in [3.63, 3.8) is 0 Å². The number of carbonyl (C=O) groups is 2. The van der Waals surface area contributed by atoms with Gasteiger partial charge in [0.2, 0.25) is 5.91 Å². The molecule has 0 radical (unpaired) electrons. The second-order valence-corrected chi connectivity index (χ2v) is 11.0. The third-order valence-electron chi connectivity index (χ3n) is 6.96. The zero-order chi connectivity index (χ0) is 25.9. The molecule has 5 nitrogen and oxygen atoms in total. The molecule has 0 spiro atoms. The number of rotatable bonds is 6. The van der Waals surface area contributed by atoms with Crippen molar-refractivity contribution < 1.29 is 14.3 Å². The normalized spacial score (nSPS) is 19.5. The summed E-state index contributed by atoms with van der Waals surface area (Å²) < 4.78 is 6.30. The number of alkyl carbamates (subject to hydrolysis) is 1. The van der Waals surface area contributed by atoms with Crippen molar-refractivity contribution in [1.29, 1.82) is 0 Å². The average Bonchev–Trinajstić information content (AvgIpc) is 3.25. The molecule has 3 atom stereocenters. The topological polar surface area (TPSA) is 58.6 Å². The minimum Gasteiger partial charge on any atom is -0.438 e. The highest BCUT2D eigenvalue weighted by Crippen LogP contribution is 2.44. The van der Waals surface area contributed by atoms with E-state index in [1.165, 1.54) is 11.6 Å². The Bertz CT molecular complexity index is 1240. The second kappa shape index (κ2) is 10.2. The van der Waals surface area contributed by atoms with Crippen LogP contribution in [0.25, 0.3) is 10.8 Å². The van der Waals surface area contributed by atoms with Gasteiger partial charge in [-0.3, -0.25) is 4.79 Å². The highest BCUT2D eigenvalue weighted by Gasteiger charge is 2.43. The predicted molar refractivity (Wildman–Crippen MR) is 145 cm³/mol. The van der Waals surface area contributed by atoms with Crippen LogP contribution in [-0.2, 0) is 15.1 Å².